The van der Waals surface area contributed by atoms with Gasteiger partial charge in [0.2, 0.25) is 0 Å². The quantitative estimate of drug-likeness (QED) is 0.905. The van der Waals surface area contributed by atoms with E-state index < -0.39 is 0 Å². The second-order valence-corrected chi connectivity index (χ2v) is 6.19. The zero-order valence-electron chi connectivity index (χ0n) is 11.8. The van der Waals surface area contributed by atoms with Crippen molar-refractivity contribution >= 4 is 16.6 Å². The Bertz CT molecular complexity index is 629. The van der Waals surface area contributed by atoms with Gasteiger partial charge in [-0.3, -0.25) is 0 Å². The zero-order chi connectivity index (χ0) is 13.5. The Labute approximate surface area is 119 Å². The fraction of sp³-hybridized carbons (Fsp3) is 0.471. The molecule has 104 valence electrons. The minimum atomic E-state index is 0.514. The molecule has 2 N–H and O–H groups in total. The SMILES string of the molecule is NCc1cc2ccccc2c(N(CC2CC2)C2CC2)n1. The topological polar surface area (TPSA) is 42.1 Å². The van der Waals surface area contributed by atoms with E-state index in [9.17, 15) is 0 Å². The number of hydrogen-bond donors (Lipinski definition) is 1. The Balaban J connectivity index is 1.82. The van der Waals surface area contributed by atoms with Crippen molar-refractivity contribution in [3.63, 3.8) is 0 Å². The predicted octanol–water partition coefficient (Wildman–Crippen LogP) is 3.07. The van der Waals surface area contributed by atoms with E-state index in [1.54, 1.807) is 0 Å². The summed E-state index contributed by atoms with van der Waals surface area (Å²) in [5.41, 5.74) is 6.83. The highest BCUT2D eigenvalue weighted by atomic mass is 15.2. The number of rotatable bonds is 5. The Hall–Kier alpha value is -1.61. The molecule has 2 aliphatic rings. The molecular weight excluding hydrogens is 246 g/mol. The molecule has 2 aromatic rings. The Morgan fingerprint density at radius 2 is 1.95 bits per heavy atom. The minimum Gasteiger partial charge on any atom is -0.353 e. The average molecular weight is 267 g/mol. The Morgan fingerprint density at radius 1 is 1.15 bits per heavy atom. The molecule has 0 atom stereocenters. The first-order valence-electron chi connectivity index (χ1n) is 7.70. The van der Waals surface area contributed by atoms with Gasteiger partial charge in [0.05, 0.1) is 5.69 Å². The summed E-state index contributed by atoms with van der Waals surface area (Å²) in [5.74, 6) is 2.05. The van der Waals surface area contributed by atoms with E-state index in [-0.39, 0.29) is 0 Å². The van der Waals surface area contributed by atoms with Gasteiger partial charge in [-0.05, 0) is 43.1 Å². The van der Waals surface area contributed by atoms with Gasteiger partial charge >= 0.3 is 0 Å². The number of aromatic nitrogens is 1. The van der Waals surface area contributed by atoms with Crippen LogP contribution in [0.2, 0.25) is 0 Å². The van der Waals surface area contributed by atoms with Gasteiger partial charge in [0.25, 0.3) is 0 Å². The smallest absolute Gasteiger partial charge is 0.137 e. The van der Waals surface area contributed by atoms with Crippen LogP contribution >= 0.6 is 0 Å². The number of benzene rings is 1. The summed E-state index contributed by atoms with van der Waals surface area (Å²) in [5, 5.41) is 2.54. The van der Waals surface area contributed by atoms with Gasteiger partial charge < -0.3 is 10.6 Å². The fourth-order valence-electron chi connectivity index (χ4n) is 2.93. The van der Waals surface area contributed by atoms with Gasteiger partial charge in [-0.25, -0.2) is 4.98 Å². The first kappa shape index (κ1) is 12.2. The van der Waals surface area contributed by atoms with E-state index in [1.807, 2.05) is 0 Å². The van der Waals surface area contributed by atoms with Crippen LogP contribution in [0, 0.1) is 5.92 Å². The summed E-state index contributed by atoms with van der Waals surface area (Å²) in [6.07, 6.45) is 5.40. The van der Waals surface area contributed by atoms with Crippen molar-refractivity contribution in [1.82, 2.24) is 4.98 Å². The molecular formula is C17H21N3. The summed E-state index contributed by atoms with van der Waals surface area (Å²) < 4.78 is 0. The molecule has 1 heterocycles. The van der Waals surface area contributed by atoms with Gasteiger partial charge in [0.1, 0.15) is 5.82 Å². The largest absolute Gasteiger partial charge is 0.353 e. The lowest BCUT2D eigenvalue weighted by molar-refractivity contribution is 0.709. The molecule has 2 fully saturated rings. The zero-order valence-corrected chi connectivity index (χ0v) is 11.8. The number of hydrogen-bond acceptors (Lipinski definition) is 3. The second-order valence-electron chi connectivity index (χ2n) is 6.19. The molecule has 3 heteroatoms. The Morgan fingerprint density at radius 3 is 2.65 bits per heavy atom. The van der Waals surface area contributed by atoms with Crippen molar-refractivity contribution in [3.05, 3.63) is 36.0 Å². The van der Waals surface area contributed by atoms with Crippen molar-refractivity contribution < 1.29 is 0 Å². The van der Waals surface area contributed by atoms with E-state index in [0.29, 0.717) is 12.6 Å². The highest BCUT2D eigenvalue weighted by Gasteiger charge is 2.35. The maximum atomic E-state index is 5.83. The first-order chi connectivity index (χ1) is 9.85. The molecule has 0 radical (unpaired) electrons. The molecule has 4 rings (SSSR count). The van der Waals surface area contributed by atoms with Gasteiger partial charge in [-0.15, -0.1) is 0 Å². The molecule has 0 unspecified atom stereocenters. The molecule has 1 aromatic carbocycles. The van der Waals surface area contributed by atoms with Gasteiger partial charge in [0, 0.05) is 24.5 Å². The van der Waals surface area contributed by atoms with Crippen LogP contribution in [-0.4, -0.2) is 17.6 Å². The third-order valence-corrected chi connectivity index (χ3v) is 4.39. The summed E-state index contributed by atoms with van der Waals surface area (Å²) in [6, 6.07) is 11.4. The summed E-state index contributed by atoms with van der Waals surface area (Å²) in [6.45, 7) is 1.69. The van der Waals surface area contributed by atoms with Crippen LogP contribution in [0.15, 0.2) is 30.3 Å². The van der Waals surface area contributed by atoms with Gasteiger partial charge in [-0.1, -0.05) is 24.3 Å². The van der Waals surface area contributed by atoms with E-state index in [4.69, 9.17) is 10.7 Å². The van der Waals surface area contributed by atoms with E-state index in [2.05, 4.69) is 35.2 Å². The van der Waals surface area contributed by atoms with Crippen LogP contribution in [0.5, 0.6) is 0 Å². The number of pyridine rings is 1. The van der Waals surface area contributed by atoms with Crippen LogP contribution in [0.1, 0.15) is 31.4 Å². The monoisotopic (exact) mass is 267 g/mol. The lowest BCUT2D eigenvalue weighted by Gasteiger charge is -2.25. The van der Waals surface area contributed by atoms with Crippen molar-refractivity contribution in [1.29, 1.82) is 0 Å². The fourth-order valence-corrected chi connectivity index (χ4v) is 2.93. The summed E-state index contributed by atoms with van der Waals surface area (Å²) in [4.78, 5) is 7.42. The van der Waals surface area contributed by atoms with Crippen LogP contribution in [0.4, 0.5) is 5.82 Å². The molecule has 0 amide bonds. The maximum absolute atomic E-state index is 5.83. The number of fused-ring (bicyclic) bond motifs is 1. The third-order valence-electron chi connectivity index (χ3n) is 4.39. The van der Waals surface area contributed by atoms with E-state index in [0.717, 1.165) is 17.4 Å². The molecule has 0 aliphatic heterocycles. The molecule has 0 bridgehead atoms. The molecule has 0 spiro atoms. The van der Waals surface area contributed by atoms with Crippen molar-refractivity contribution in [3.8, 4) is 0 Å². The third kappa shape index (κ3) is 2.27. The maximum Gasteiger partial charge on any atom is 0.137 e. The standard InChI is InChI=1S/C17H21N3/c18-10-14-9-13-3-1-2-4-16(13)17(19-14)20(15-7-8-15)11-12-5-6-12/h1-4,9,12,15H,5-8,10-11,18H2. The lowest BCUT2D eigenvalue weighted by Crippen LogP contribution is -2.29. The predicted molar refractivity (Wildman–Crippen MR) is 82.7 cm³/mol. The minimum absolute atomic E-state index is 0.514. The molecule has 20 heavy (non-hydrogen) atoms. The van der Waals surface area contributed by atoms with Crippen LogP contribution in [0.3, 0.4) is 0 Å². The van der Waals surface area contributed by atoms with Crippen molar-refractivity contribution in [2.75, 3.05) is 11.4 Å². The highest BCUT2D eigenvalue weighted by molar-refractivity contribution is 5.92. The highest BCUT2D eigenvalue weighted by Crippen LogP contribution is 2.39. The van der Waals surface area contributed by atoms with Gasteiger partial charge in [-0.2, -0.15) is 0 Å². The summed E-state index contributed by atoms with van der Waals surface area (Å²) >= 11 is 0. The van der Waals surface area contributed by atoms with E-state index in [1.165, 1.54) is 43.0 Å². The molecule has 2 aliphatic carbocycles. The number of nitrogens with two attached hydrogens (primary N) is 1. The second kappa shape index (κ2) is 4.74. The van der Waals surface area contributed by atoms with Crippen molar-refractivity contribution in [2.24, 2.45) is 11.7 Å². The number of anilines is 1. The lowest BCUT2D eigenvalue weighted by atomic mass is 10.1. The van der Waals surface area contributed by atoms with Crippen LogP contribution in [0.25, 0.3) is 10.8 Å². The average Bonchev–Trinajstić information content (AvgIpc) is 3.37. The number of nitrogens with zero attached hydrogens (tertiary/aromatic N) is 2. The normalized spacial score (nSPS) is 18.4. The van der Waals surface area contributed by atoms with Gasteiger partial charge in [0.15, 0.2) is 0 Å². The Kier molecular flexibility index (Phi) is 2.88. The first-order valence-corrected chi connectivity index (χ1v) is 7.70. The molecule has 1 aromatic heterocycles. The van der Waals surface area contributed by atoms with E-state index >= 15 is 0 Å². The van der Waals surface area contributed by atoms with Crippen LogP contribution in [-0.2, 0) is 6.54 Å². The van der Waals surface area contributed by atoms with Crippen LogP contribution < -0.4 is 10.6 Å². The summed E-state index contributed by atoms with van der Waals surface area (Å²) in [7, 11) is 0. The van der Waals surface area contributed by atoms with Crippen molar-refractivity contribution in [2.45, 2.75) is 38.3 Å². The molecule has 0 saturated heterocycles. The molecule has 3 nitrogen and oxygen atoms in total. The molecule has 2 saturated carbocycles.